The summed E-state index contributed by atoms with van der Waals surface area (Å²) in [7, 11) is 0. The Hall–Kier alpha value is -1.66. The molecule has 2 fully saturated rings. The highest BCUT2D eigenvalue weighted by molar-refractivity contribution is 7.13. The zero-order valence-electron chi connectivity index (χ0n) is 16.9. The largest absolute Gasteiger partial charge is 0.440 e. The summed E-state index contributed by atoms with van der Waals surface area (Å²) in [5.41, 5.74) is 0.775. The number of carbonyl (C=O) groups excluding carboxylic acids is 1. The molecule has 4 rings (SSSR count). The minimum atomic E-state index is 0.175. The van der Waals surface area contributed by atoms with E-state index in [9.17, 15) is 4.79 Å². The van der Waals surface area contributed by atoms with E-state index in [1.807, 2.05) is 29.3 Å². The Morgan fingerprint density at radius 1 is 1.18 bits per heavy atom. The molecule has 3 heterocycles. The van der Waals surface area contributed by atoms with E-state index in [-0.39, 0.29) is 5.91 Å². The molecule has 2 aliphatic rings. The number of nitrogens with zero attached hydrogens (tertiary/aromatic N) is 3. The van der Waals surface area contributed by atoms with Gasteiger partial charge in [-0.1, -0.05) is 25.3 Å². The smallest absolute Gasteiger partial charge is 0.236 e. The van der Waals surface area contributed by atoms with Crippen molar-refractivity contribution in [3.8, 4) is 10.8 Å². The van der Waals surface area contributed by atoms with Gasteiger partial charge in [0.25, 0.3) is 0 Å². The van der Waals surface area contributed by atoms with Crippen molar-refractivity contribution in [3.05, 3.63) is 29.0 Å². The summed E-state index contributed by atoms with van der Waals surface area (Å²) in [6.45, 7) is 6.93. The molecular formula is C22H31N3O2S. The van der Waals surface area contributed by atoms with Crippen LogP contribution in [0.3, 0.4) is 0 Å². The molecule has 1 aliphatic heterocycles. The Morgan fingerprint density at radius 3 is 2.82 bits per heavy atom. The van der Waals surface area contributed by atoms with Gasteiger partial charge in [-0.2, -0.15) is 0 Å². The van der Waals surface area contributed by atoms with E-state index in [1.165, 1.54) is 38.6 Å². The van der Waals surface area contributed by atoms with Gasteiger partial charge in [0.15, 0.2) is 0 Å². The van der Waals surface area contributed by atoms with Crippen LogP contribution in [0.25, 0.3) is 10.8 Å². The minimum absolute atomic E-state index is 0.175. The van der Waals surface area contributed by atoms with Crippen LogP contribution >= 0.6 is 11.3 Å². The topological polar surface area (TPSA) is 49.6 Å². The van der Waals surface area contributed by atoms with Gasteiger partial charge in [0.2, 0.25) is 11.8 Å². The van der Waals surface area contributed by atoms with Crippen LogP contribution in [0.2, 0.25) is 0 Å². The van der Waals surface area contributed by atoms with Gasteiger partial charge in [-0.3, -0.25) is 4.79 Å². The fraction of sp³-hybridized carbons (Fsp3) is 0.636. The first-order chi connectivity index (χ1) is 13.7. The normalized spacial score (nSPS) is 19.7. The third kappa shape index (κ3) is 4.84. The molecule has 1 aliphatic carbocycles. The zero-order chi connectivity index (χ0) is 19.3. The second kappa shape index (κ2) is 9.23. The SMILES string of the molecule is Cc1oc(-c2cccs2)nc1CC(=O)N1CCCN(CC2CCCCC2)CC1. The van der Waals surface area contributed by atoms with Gasteiger partial charge < -0.3 is 14.2 Å². The molecule has 1 amide bonds. The highest BCUT2D eigenvalue weighted by Crippen LogP contribution is 2.27. The molecule has 1 saturated carbocycles. The lowest BCUT2D eigenvalue weighted by molar-refractivity contribution is -0.130. The quantitative estimate of drug-likeness (QED) is 0.746. The van der Waals surface area contributed by atoms with Crippen LogP contribution in [0.5, 0.6) is 0 Å². The maximum atomic E-state index is 12.9. The fourth-order valence-electron chi connectivity index (χ4n) is 4.49. The van der Waals surface area contributed by atoms with Crippen molar-refractivity contribution in [2.24, 2.45) is 5.92 Å². The van der Waals surface area contributed by atoms with Crippen LogP contribution in [0.4, 0.5) is 0 Å². The predicted molar refractivity (Wildman–Crippen MR) is 112 cm³/mol. The molecular weight excluding hydrogens is 370 g/mol. The number of hydrogen-bond acceptors (Lipinski definition) is 5. The van der Waals surface area contributed by atoms with Gasteiger partial charge in [-0.15, -0.1) is 11.3 Å². The van der Waals surface area contributed by atoms with Crippen molar-refractivity contribution < 1.29 is 9.21 Å². The van der Waals surface area contributed by atoms with Crippen LogP contribution in [0.1, 0.15) is 50.0 Å². The molecule has 2 aromatic heterocycles. The highest BCUT2D eigenvalue weighted by Gasteiger charge is 2.24. The molecule has 2 aromatic rings. The van der Waals surface area contributed by atoms with Gasteiger partial charge in [0.1, 0.15) is 5.76 Å². The van der Waals surface area contributed by atoms with E-state index in [2.05, 4.69) is 9.88 Å². The fourth-order valence-corrected chi connectivity index (χ4v) is 5.14. The van der Waals surface area contributed by atoms with Crippen LogP contribution in [0, 0.1) is 12.8 Å². The van der Waals surface area contributed by atoms with Gasteiger partial charge in [-0.05, 0) is 50.1 Å². The van der Waals surface area contributed by atoms with Crippen LogP contribution in [-0.4, -0.2) is 53.4 Å². The molecule has 0 bridgehead atoms. The Kier molecular flexibility index (Phi) is 6.47. The van der Waals surface area contributed by atoms with Crippen LogP contribution in [0.15, 0.2) is 21.9 Å². The molecule has 0 radical (unpaired) electrons. The predicted octanol–water partition coefficient (Wildman–Crippen LogP) is 4.37. The summed E-state index contributed by atoms with van der Waals surface area (Å²) >= 11 is 1.60. The van der Waals surface area contributed by atoms with E-state index in [1.54, 1.807) is 11.3 Å². The molecule has 0 aromatic carbocycles. The standard InChI is InChI=1S/C22H31N3O2S/c1-17-19(23-22(27-17)20-9-5-14-28-20)15-21(26)25-11-6-10-24(12-13-25)16-18-7-3-2-4-8-18/h5,9,14,18H,2-4,6-8,10-13,15-16H2,1H3. The average molecular weight is 402 g/mol. The molecule has 0 spiro atoms. The summed E-state index contributed by atoms with van der Waals surface area (Å²) < 4.78 is 5.79. The first kappa shape index (κ1) is 19.6. The second-order valence-electron chi connectivity index (χ2n) is 8.21. The number of aromatic nitrogens is 1. The molecule has 0 atom stereocenters. The van der Waals surface area contributed by atoms with E-state index in [0.29, 0.717) is 12.3 Å². The molecule has 1 saturated heterocycles. The number of amides is 1. The Bertz CT molecular complexity index is 765. The maximum absolute atomic E-state index is 12.9. The number of thiophene rings is 1. The van der Waals surface area contributed by atoms with E-state index >= 15 is 0 Å². The summed E-state index contributed by atoms with van der Waals surface area (Å²) in [5, 5.41) is 2.01. The van der Waals surface area contributed by atoms with Crippen molar-refractivity contribution in [2.75, 3.05) is 32.7 Å². The number of rotatable bonds is 5. The van der Waals surface area contributed by atoms with Crippen molar-refractivity contribution in [1.29, 1.82) is 0 Å². The van der Waals surface area contributed by atoms with Crippen molar-refractivity contribution in [2.45, 2.75) is 51.9 Å². The van der Waals surface area contributed by atoms with Crippen LogP contribution in [-0.2, 0) is 11.2 Å². The van der Waals surface area contributed by atoms with Gasteiger partial charge in [0.05, 0.1) is 17.0 Å². The maximum Gasteiger partial charge on any atom is 0.236 e. The zero-order valence-corrected chi connectivity index (χ0v) is 17.7. The molecule has 28 heavy (non-hydrogen) atoms. The average Bonchev–Trinajstić information content (AvgIpc) is 3.29. The number of aryl methyl sites for hydroxylation is 1. The Morgan fingerprint density at radius 2 is 2.04 bits per heavy atom. The molecule has 5 nitrogen and oxygen atoms in total. The summed E-state index contributed by atoms with van der Waals surface area (Å²) in [5.74, 6) is 2.42. The number of hydrogen-bond donors (Lipinski definition) is 0. The summed E-state index contributed by atoms with van der Waals surface area (Å²) in [6.07, 6.45) is 8.38. The van der Waals surface area contributed by atoms with Crippen molar-refractivity contribution >= 4 is 17.2 Å². The lowest BCUT2D eigenvalue weighted by Gasteiger charge is -2.28. The minimum Gasteiger partial charge on any atom is -0.440 e. The lowest BCUT2D eigenvalue weighted by Crippen LogP contribution is -2.37. The van der Waals surface area contributed by atoms with Gasteiger partial charge in [-0.25, -0.2) is 4.98 Å². The number of oxazole rings is 1. The van der Waals surface area contributed by atoms with Gasteiger partial charge in [0, 0.05) is 26.2 Å². The third-order valence-electron chi connectivity index (χ3n) is 6.13. The lowest BCUT2D eigenvalue weighted by atomic mass is 9.89. The Balaban J connectivity index is 1.31. The second-order valence-corrected chi connectivity index (χ2v) is 9.16. The van der Waals surface area contributed by atoms with E-state index in [0.717, 1.165) is 54.8 Å². The summed E-state index contributed by atoms with van der Waals surface area (Å²) in [4.78, 5) is 23.1. The Labute approximate surface area is 171 Å². The molecule has 0 N–H and O–H groups in total. The molecule has 152 valence electrons. The molecule has 6 heteroatoms. The van der Waals surface area contributed by atoms with E-state index < -0.39 is 0 Å². The van der Waals surface area contributed by atoms with E-state index in [4.69, 9.17) is 4.42 Å². The first-order valence-corrected chi connectivity index (χ1v) is 11.6. The summed E-state index contributed by atoms with van der Waals surface area (Å²) in [6, 6.07) is 3.98. The third-order valence-corrected chi connectivity index (χ3v) is 6.98. The highest BCUT2D eigenvalue weighted by atomic mass is 32.1. The van der Waals surface area contributed by atoms with Crippen molar-refractivity contribution in [1.82, 2.24) is 14.8 Å². The first-order valence-electron chi connectivity index (χ1n) is 10.7. The number of carbonyl (C=O) groups is 1. The van der Waals surface area contributed by atoms with Gasteiger partial charge >= 0.3 is 0 Å². The molecule has 0 unspecified atom stereocenters. The van der Waals surface area contributed by atoms with Crippen molar-refractivity contribution in [3.63, 3.8) is 0 Å². The van der Waals surface area contributed by atoms with Crippen LogP contribution < -0.4 is 0 Å². The monoisotopic (exact) mass is 401 g/mol.